The number of anilines is 1. The molecule has 1 amide bonds. The van der Waals surface area contributed by atoms with E-state index in [0.717, 1.165) is 5.56 Å². The summed E-state index contributed by atoms with van der Waals surface area (Å²) in [7, 11) is 1.56. The van der Waals surface area contributed by atoms with Crippen LogP contribution in [0.3, 0.4) is 0 Å². The second-order valence-corrected chi connectivity index (χ2v) is 6.89. The molecule has 0 aliphatic rings. The van der Waals surface area contributed by atoms with E-state index in [1.165, 1.54) is 11.3 Å². The molecule has 2 aromatic heterocycles. The molecule has 2 heterocycles. The number of thiazole rings is 1. The van der Waals surface area contributed by atoms with Gasteiger partial charge < -0.3 is 9.15 Å². The summed E-state index contributed by atoms with van der Waals surface area (Å²) in [5, 5.41) is 5.85. The van der Waals surface area contributed by atoms with Crippen molar-refractivity contribution in [2.75, 3.05) is 12.4 Å². The summed E-state index contributed by atoms with van der Waals surface area (Å²) >= 11 is 13.6. The second kappa shape index (κ2) is 7.07. The molecule has 0 saturated heterocycles. The van der Waals surface area contributed by atoms with Gasteiger partial charge in [0.1, 0.15) is 17.3 Å². The Morgan fingerprint density at radius 1 is 1.28 bits per heavy atom. The first-order valence-corrected chi connectivity index (χ1v) is 8.90. The normalized spacial score (nSPS) is 10.8. The molecule has 0 atom stereocenters. The van der Waals surface area contributed by atoms with Gasteiger partial charge in [-0.15, -0.1) is 11.3 Å². The van der Waals surface area contributed by atoms with Crippen LogP contribution in [0.25, 0.3) is 11.3 Å². The fourth-order valence-electron chi connectivity index (χ4n) is 2.36. The van der Waals surface area contributed by atoms with E-state index < -0.39 is 0 Å². The average Bonchev–Trinajstić information content (AvgIpc) is 3.12. The topological polar surface area (TPSA) is 64.4 Å². The number of carbonyl (C=O) groups excluding carboxylic acids is 1. The molecule has 3 aromatic rings. The van der Waals surface area contributed by atoms with Crippen LogP contribution in [-0.2, 0) is 0 Å². The molecule has 8 heteroatoms. The van der Waals surface area contributed by atoms with E-state index in [9.17, 15) is 4.79 Å². The monoisotopic (exact) mass is 396 g/mol. The Bertz CT molecular complexity index is 950. The number of nitrogens with one attached hydrogen (secondary N) is 1. The SMILES string of the molecule is COc1ccc(-c2csc(NC(=O)c3c(C)oc(C)c3Cl)n2)cc1Cl. The highest BCUT2D eigenvalue weighted by atomic mass is 35.5. The minimum Gasteiger partial charge on any atom is -0.495 e. The number of amides is 1. The van der Waals surface area contributed by atoms with Crippen LogP contribution >= 0.6 is 34.5 Å². The molecule has 0 spiro atoms. The summed E-state index contributed by atoms with van der Waals surface area (Å²) in [6.07, 6.45) is 0. The largest absolute Gasteiger partial charge is 0.495 e. The Morgan fingerprint density at radius 3 is 2.64 bits per heavy atom. The van der Waals surface area contributed by atoms with E-state index in [4.69, 9.17) is 32.4 Å². The molecular weight excluding hydrogens is 383 g/mol. The van der Waals surface area contributed by atoms with E-state index in [0.29, 0.717) is 43.7 Å². The van der Waals surface area contributed by atoms with Crippen LogP contribution in [0, 0.1) is 13.8 Å². The van der Waals surface area contributed by atoms with Gasteiger partial charge in [-0.1, -0.05) is 23.2 Å². The lowest BCUT2D eigenvalue weighted by atomic mass is 10.2. The van der Waals surface area contributed by atoms with Crippen molar-refractivity contribution in [1.29, 1.82) is 0 Å². The van der Waals surface area contributed by atoms with Crippen LogP contribution in [-0.4, -0.2) is 18.0 Å². The molecule has 1 N–H and O–H groups in total. The minimum absolute atomic E-state index is 0.314. The summed E-state index contributed by atoms with van der Waals surface area (Å²) in [6.45, 7) is 3.40. The number of aryl methyl sites for hydroxylation is 2. The standard InChI is InChI=1S/C17H14Cl2N2O3S/c1-8-14(15(19)9(2)24-8)16(22)21-17-20-12(7-25-17)10-4-5-13(23-3)11(18)6-10/h4-7H,1-3H3,(H,20,21,22). The zero-order valence-corrected chi connectivity index (χ0v) is 16.0. The predicted molar refractivity (Wildman–Crippen MR) is 100 cm³/mol. The maximum absolute atomic E-state index is 12.4. The van der Waals surface area contributed by atoms with E-state index in [2.05, 4.69) is 10.3 Å². The van der Waals surface area contributed by atoms with Gasteiger partial charge in [0.05, 0.1) is 28.4 Å². The Morgan fingerprint density at radius 2 is 2.04 bits per heavy atom. The number of rotatable bonds is 4. The molecule has 3 rings (SSSR count). The molecule has 0 aliphatic carbocycles. The molecule has 25 heavy (non-hydrogen) atoms. The molecule has 0 bridgehead atoms. The highest BCUT2D eigenvalue weighted by Crippen LogP contribution is 2.32. The number of nitrogens with zero attached hydrogens (tertiary/aromatic N) is 1. The fourth-order valence-corrected chi connectivity index (χ4v) is 3.59. The number of aromatic nitrogens is 1. The third kappa shape index (κ3) is 3.51. The van der Waals surface area contributed by atoms with Gasteiger partial charge >= 0.3 is 0 Å². The quantitative estimate of drug-likeness (QED) is 0.624. The van der Waals surface area contributed by atoms with Crippen LogP contribution in [0.15, 0.2) is 28.0 Å². The van der Waals surface area contributed by atoms with E-state index in [-0.39, 0.29) is 5.91 Å². The van der Waals surface area contributed by atoms with Crippen molar-refractivity contribution in [3.8, 4) is 17.0 Å². The smallest absolute Gasteiger partial charge is 0.262 e. The van der Waals surface area contributed by atoms with Gasteiger partial charge in [0.2, 0.25) is 0 Å². The third-order valence-electron chi connectivity index (χ3n) is 3.59. The molecule has 0 saturated carbocycles. The van der Waals surface area contributed by atoms with Crippen molar-refractivity contribution in [1.82, 2.24) is 4.98 Å². The third-order valence-corrected chi connectivity index (χ3v) is 5.09. The molecular formula is C17H14Cl2N2O3S. The van der Waals surface area contributed by atoms with Crippen molar-refractivity contribution >= 4 is 45.6 Å². The van der Waals surface area contributed by atoms with E-state index in [1.807, 2.05) is 11.4 Å². The molecule has 1 aromatic carbocycles. The first kappa shape index (κ1) is 17.8. The van der Waals surface area contributed by atoms with Crippen LogP contribution in [0.1, 0.15) is 21.9 Å². The lowest BCUT2D eigenvalue weighted by Gasteiger charge is -2.04. The molecule has 0 radical (unpaired) electrons. The number of carbonyl (C=O) groups is 1. The van der Waals surface area contributed by atoms with Gasteiger partial charge in [-0.25, -0.2) is 4.98 Å². The molecule has 0 fully saturated rings. The number of halogens is 2. The summed E-state index contributed by atoms with van der Waals surface area (Å²) in [4.78, 5) is 16.8. The van der Waals surface area contributed by atoms with Gasteiger partial charge in [-0.2, -0.15) is 0 Å². The average molecular weight is 397 g/mol. The van der Waals surface area contributed by atoms with Crippen molar-refractivity contribution in [2.45, 2.75) is 13.8 Å². The van der Waals surface area contributed by atoms with Gasteiger partial charge in [-0.3, -0.25) is 10.1 Å². The molecule has 0 aliphatic heterocycles. The second-order valence-electron chi connectivity index (χ2n) is 5.24. The Kier molecular flexibility index (Phi) is 5.03. The van der Waals surface area contributed by atoms with Gasteiger partial charge in [-0.05, 0) is 32.0 Å². The summed E-state index contributed by atoms with van der Waals surface area (Å²) in [5.41, 5.74) is 1.86. The van der Waals surface area contributed by atoms with E-state index >= 15 is 0 Å². The fraction of sp³-hybridized carbons (Fsp3) is 0.176. The minimum atomic E-state index is -0.354. The lowest BCUT2D eigenvalue weighted by Crippen LogP contribution is -2.12. The summed E-state index contributed by atoms with van der Waals surface area (Å²) in [6, 6.07) is 5.39. The molecule has 0 unspecified atom stereocenters. The Hall–Kier alpha value is -2.02. The van der Waals surface area contributed by atoms with Crippen molar-refractivity contribution in [3.05, 3.63) is 50.7 Å². The summed E-state index contributed by atoms with van der Waals surface area (Å²) < 4.78 is 10.5. The van der Waals surface area contributed by atoms with Crippen LogP contribution in [0.5, 0.6) is 5.75 Å². The van der Waals surface area contributed by atoms with Crippen molar-refractivity contribution < 1.29 is 13.9 Å². The highest BCUT2D eigenvalue weighted by Gasteiger charge is 2.21. The predicted octanol–water partition coefficient (Wildman–Crippen LogP) is 5.59. The summed E-state index contributed by atoms with van der Waals surface area (Å²) in [5.74, 6) is 1.22. The van der Waals surface area contributed by atoms with E-state index in [1.54, 1.807) is 33.1 Å². The highest BCUT2D eigenvalue weighted by molar-refractivity contribution is 7.14. The first-order valence-electron chi connectivity index (χ1n) is 7.27. The first-order chi connectivity index (χ1) is 11.9. The van der Waals surface area contributed by atoms with Gasteiger partial charge in [0.15, 0.2) is 5.13 Å². The maximum atomic E-state index is 12.4. The van der Waals surface area contributed by atoms with Crippen LogP contribution in [0.4, 0.5) is 5.13 Å². The number of methoxy groups -OCH3 is 1. The Balaban J connectivity index is 1.82. The van der Waals surface area contributed by atoms with Gasteiger partial charge in [0, 0.05) is 10.9 Å². The number of ether oxygens (including phenoxy) is 1. The number of furan rings is 1. The zero-order chi connectivity index (χ0) is 18.1. The zero-order valence-electron chi connectivity index (χ0n) is 13.6. The van der Waals surface area contributed by atoms with Crippen LogP contribution < -0.4 is 10.1 Å². The molecule has 5 nitrogen and oxygen atoms in total. The van der Waals surface area contributed by atoms with Gasteiger partial charge in [0.25, 0.3) is 5.91 Å². The number of hydrogen-bond donors (Lipinski definition) is 1. The lowest BCUT2D eigenvalue weighted by molar-refractivity contribution is 0.102. The molecule has 130 valence electrons. The number of benzene rings is 1. The maximum Gasteiger partial charge on any atom is 0.262 e. The van der Waals surface area contributed by atoms with Crippen molar-refractivity contribution in [2.24, 2.45) is 0 Å². The van der Waals surface area contributed by atoms with Crippen LogP contribution in [0.2, 0.25) is 10.0 Å². The van der Waals surface area contributed by atoms with Crippen molar-refractivity contribution in [3.63, 3.8) is 0 Å². The Labute approximate surface area is 158 Å². The number of hydrogen-bond acceptors (Lipinski definition) is 5.